The lowest BCUT2D eigenvalue weighted by Crippen LogP contribution is -2.04. The maximum Gasteiger partial charge on any atom is 0.183 e. The highest BCUT2D eigenvalue weighted by atomic mass is 32.2. The number of aryl methyl sites for hydroxylation is 1. The first-order valence-electron chi connectivity index (χ1n) is 4.84. The maximum absolute atomic E-state index is 11.9. The Kier molecular flexibility index (Phi) is 3.36. The number of nitrogens with one attached hydrogen (secondary N) is 1. The Morgan fingerprint density at radius 2 is 2.25 bits per heavy atom. The number of carbonyl (C=O) groups is 1. The molecule has 1 heterocycles. The minimum absolute atomic E-state index is 0.111. The number of Topliss-reactive ketones (excluding diaryl/α,β-unsaturated/α-hetero) is 1. The van der Waals surface area contributed by atoms with Crippen molar-refractivity contribution >= 4 is 17.5 Å². The van der Waals surface area contributed by atoms with Crippen LogP contribution in [-0.4, -0.2) is 26.7 Å². The van der Waals surface area contributed by atoms with Crippen molar-refractivity contribution in [2.45, 2.75) is 12.1 Å². The van der Waals surface area contributed by atoms with Gasteiger partial charge in [-0.05, 0) is 12.5 Å². The highest BCUT2D eigenvalue weighted by Gasteiger charge is 2.09. The van der Waals surface area contributed by atoms with E-state index in [9.17, 15) is 4.79 Å². The second-order valence-corrected chi connectivity index (χ2v) is 4.28. The molecule has 0 fully saturated rings. The minimum Gasteiger partial charge on any atom is -0.293 e. The monoisotopic (exact) mass is 233 g/mol. The summed E-state index contributed by atoms with van der Waals surface area (Å²) in [7, 11) is 0. The molecule has 0 aliphatic rings. The molecular formula is C11H11N3OS. The molecule has 0 radical (unpaired) electrons. The van der Waals surface area contributed by atoms with Crippen LogP contribution in [-0.2, 0) is 0 Å². The molecule has 0 saturated heterocycles. The number of aromatic nitrogens is 3. The number of hydrogen-bond acceptors (Lipinski definition) is 4. The van der Waals surface area contributed by atoms with Crippen molar-refractivity contribution in [1.29, 1.82) is 0 Å². The highest BCUT2D eigenvalue weighted by molar-refractivity contribution is 7.99. The van der Waals surface area contributed by atoms with E-state index in [2.05, 4.69) is 15.2 Å². The van der Waals surface area contributed by atoms with Gasteiger partial charge in [-0.1, -0.05) is 36.0 Å². The van der Waals surface area contributed by atoms with E-state index in [1.807, 2.05) is 31.2 Å². The van der Waals surface area contributed by atoms with Crippen molar-refractivity contribution in [3.8, 4) is 0 Å². The number of benzene rings is 1. The molecule has 0 amide bonds. The first-order chi connectivity index (χ1) is 7.77. The summed E-state index contributed by atoms with van der Waals surface area (Å²) in [6.45, 7) is 1.94. The summed E-state index contributed by atoms with van der Waals surface area (Å²) in [6.07, 6.45) is 1.43. The first-order valence-corrected chi connectivity index (χ1v) is 5.83. The van der Waals surface area contributed by atoms with E-state index in [0.29, 0.717) is 10.9 Å². The molecule has 0 atom stereocenters. The molecule has 0 bridgehead atoms. The predicted octanol–water partition coefficient (Wildman–Crippen LogP) is 2.09. The van der Waals surface area contributed by atoms with Crippen molar-refractivity contribution in [1.82, 2.24) is 15.2 Å². The fourth-order valence-corrected chi connectivity index (χ4v) is 2.02. The van der Waals surface area contributed by atoms with Crippen molar-refractivity contribution in [3.05, 3.63) is 41.7 Å². The summed E-state index contributed by atoms with van der Waals surface area (Å²) in [5.41, 5.74) is 1.78. The zero-order chi connectivity index (χ0) is 11.4. The third-order valence-electron chi connectivity index (χ3n) is 2.18. The van der Waals surface area contributed by atoms with Gasteiger partial charge in [0.1, 0.15) is 6.33 Å². The average Bonchev–Trinajstić information content (AvgIpc) is 2.79. The number of carbonyl (C=O) groups excluding carboxylic acids is 1. The molecule has 0 spiro atoms. The molecule has 1 aromatic heterocycles. The lowest BCUT2D eigenvalue weighted by molar-refractivity contribution is 0.102. The Morgan fingerprint density at radius 3 is 2.94 bits per heavy atom. The molecule has 16 heavy (non-hydrogen) atoms. The smallest absolute Gasteiger partial charge is 0.183 e. The molecule has 82 valence electrons. The SMILES string of the molecule is Cc1ccccc1C(=O)CSc1ncn[nH]1. The summed E-state index contributed by atoms with van der Waals surface area (Å²) in [6, 6.07) is 7.58. The molecule has 1 aromatic carbocycles. The second-order valence-electron chi connectivity index (χ2n) is 3.32. The van der Waals surface area contributed by atoms with E-state index in [4.69, 9.17) is 0 Å². The van der Waals surface area contributed by atoms with Crippen LogP contribution in [0.1, 0.15) is 15.9 Å². The van der Waals surface area contributed by atoms with Crippen LogP contribution in [0.3, 0.4) is 0 Å². The summed E-state index contributed by atoms with van der Waals surface area (Å²) in [4.78, 5) is 15.8. The molecule has 4 nitrogen and oxygen atoms in total. The van der Waals surface area contributed by atoms with Gasteiger partial charge in [0.15, 0.2) is 10.9 Å². The van der Waals surface area contributed by atoms with Crippen LogP contribution in [0, 0.1) is 6.92 Å². The summed E-state index contributed by atoms with van der Waals surface area (Å²) in [5.74, 6) is 0.486. The number of aromatic amines is 1. The lowest BCUT2D eigenvalue weighted by Gasteiger charge is -2.02. The maximum atomic E-state index is 11.9. The largest absolute Gasteiger partial charge is 0.293 e. The van der Waals surface area contributed by atoms with E-state index in [-0.39, 0.29) is 5.78 Å². The summed E-state index contributed by atoms with van der Waals surface area (Å²) < 4.78 is 0. The van der Waals surface area contributed by atoms with Gasteiger partial charge in [0.2, 0.25) is 0 Å². The standard InChI is InChI=1S/C11H11N3OS/c1-8-4-2-3-5-9(8)10(15)6-16-11-12-7-13-14-11/h2-5,7H,6H2,1H3,(H,12,13,14). The quantitative estimate of drug-likeness (QED) is 0.649. The Hall–Kier alpha value is -1.62. The molecular weight excluding hydrogens is 222 g/mol. The van der Waals surface area contributed by atoms with Gasteiger partial charge < -0.3 is 0 Å². The van der Waals surface area contributed by atoms with Crippen LogP contribution in [0.15, 0.2) is 35.7 Å². The van der Waals surface area contributed by atoms with Crippen molar-refractivity contribution in [3.63, 3.8) is 0 Å². The average molecular weight is 233 g/mol. The fourth-order valence-electron chi connectivity index (χ4n) is 1.36. The second kappa shape index (κ2) is 4.94. The number of nitrogens with zero attached hydrogens (tertiary/aromatic N) is 2. The molecule has 0 unspecified atom stereocenters. The van der Waals surface area contributed by atoms with Crippen LogP contribution in [0.2, 0.25) is 0 Å². The van der Waals surface area contributed by atoms with Crippen molar-refractivity contribution in [2.75, 3.05) is 5.75 Å². The van der Waals surface area contributed by atoms with E-state index >= 15 is 0 Å². The number of rotatable bonds is 4. The number of thioether (sulfide) groups is 1. The first kappa shape index (κ1) is 10.9. The van der Waals surface area contributed by atoms with Crippen LogP contribution in [0.25, 0.3) is 0 Å². The predicted molar refractivity (Wildman–Crippen MR) is 62.6 cm³/mol. The van der Waals surface area contributed by atoms with Gasteiger partial charge in [-0.2, -0.15) is 5.10 Å². The molecule has 5 heteroatoms. The van der Waals surface area contributed by atoms with E-state index < -0.39 is 0 Å². The van der Waals surface area contributed by atoms with Gasteiger partial charge in [0.25, 0.3) is 0 Å². The van der Waals surface area contributed by atoms with Crippen LogP contribution >= 0.6 is 11.8 Å². The Morgan fingerprint density at radius 1 is 1.44 bits per heavy atom. The molecule has 0 aliphatic carbocycles. The highest BCUT2D eigenvalue weighted by Crippen LogP contribution is 2.15. The molecule has 1 N–H and O–H groups in total. The normalized spacial score (nSPS) is 10.3. The number of H-pyrrole nitrogens is 1. The molecule has 2 rings (SSSR count). The van der Waals surface area contributed by atoms with Crippen LogP contribution in [0.4, 0.5) is 0 Å². The van der Waals surface area contributed by atoms with E-state index in [0.717, 1.165) is 11.1 Å². The minimum atomic E-state index is 0.111. The third kappa shape index (κ3) is 2.49. The van der Waals surface area contributed by atoms with Gasteiger partial charge in [0, 0.05) is 5.56 Å². The Labute approximate surface area is 97.5 Å². The number of ketones is 1. The van der Waals surface area contributed by atoms with E-state index in [1.54, 1.807) is 0 Å². The van der Waals surface area contributed by atoms with Gasteiger partial charge >= 0.3 is 0 Å². The molecule has 0 saturated carbocycles. The van der Waals surface area contributed by atoms with Gasteiger partial charge in [-0.15, -0.1) is 0 Å². The fraction of sp³-hybridized carbons (Fsp3) is 0.182. The summed E-state index contributed by atoms with van der Waals surface area (Å²) in [5, 5.41) is 7.10. The Balaban J connectivity index is 2.01. The molecule has 0 aliphatic heterocycles. The lowest BCUT2D eigenvalue weighted by atomic mass is 10.1. The summed E-state index contributed by atoms with van der Waals surface area (Å²) >= 11 is 1.36. The zero-order valence-electron chi connectivity index (χ0n) is 8.80. The third-order valence-corrected chi connectivity index (χ3v) is 3.06. The van der Waals surface area contributed by atoms with Gasteiger partial charge in [-0.25, -0.2) is 4.98 Å². The molecule has 2 aromatic rings. The van der Waals surface area contributed by atoms with Crippen LogP contribution < -0.4 is 0 Å². The number of hydrogen-bond donors (Lipinski definition) is 1. The Bertz CT molecular complexity index is 482. The van der Waals surface area contributed by atoms with Gasteiger partial charge in [-0.3, -0.25) is 9.89 Å². The topological polar surface area (TPSA) is 58.6 Å². The van der Waals surface area contributed by atoms with Crippen molar-refractivity contribution < 1.29 is 4.79 Å². The van der Waals surface area contributed by atoms with E-state index in [1.165, 1.54) is 18.1 Å². The van der Waals surface area contributed by atoms with Crippen molar-refractivity contribution in [2.24, 2.45) is 0 Å². The van der Waals surface area contributed by atoms with Crippen LogP contribution in [0.5, 0.6) is 0 Å². The zero-order valence-corrected chi connectivity index (χ0v) is 9.62. The van der Waals surface area contributed by atoms with Gasteiger partial charge in [0.05, 0.1) is 5.75 Å².